The molecule has 30 heavy (non-hydrogen) atoms. The van der Waals surface area contributed by atoms with Crippen LogP contribution in [-0.2, 0) is 14.8 Å². The highest BCUT2D eigenvalue weighted by Gasteiger charge is 2.39. The number of sulfonamides is 1. The Morgan fingerprint density at radius 3 is 2.53 bits per heavy atom. The number of nitrogens with one attached hydrogen (secondary N) is 1. The molecular weight excluding hydrogens is 407 g/mol. The number of hydrogen-bond acceptors (Lipinski definition) is 4. The Bertz CT molecular complexity index is 1160. The van der Waals surface area contributed by atoms with Gasteiger partial charge in [-0.1, -0.05) is 18.2 Å². The normalized spacial score (nSPS) is 17.2. The molecule has 1 fully saturated rings. The van der Waals surface area contributed by atoms with E-state index in [1.165, 1.54) is 16.4 Å². The number of hydrogen-bond donors (Lipinski definition) is 1. The van der Waals surface area contributed by atoms with Crippen molar-refractivity contribution in [2.24, 2.45) is 0 Å². The first-order valence-corrected chi connectivity index (χ1v) is 11.0. The number of para-hydroxylation sites is 1. The van der Waals surface area contributed by atoms with Crippen molar-refractivity contribution in [1.29, 1.82) is 0 Å². The number of nitrogens with zero attached hydrogens (tertiary/aromatic N) is 3. The number of halogens is 1. The van der Waals surface area contributed by atoms with Gasteiger partial charge >= 0.3 is 0 Å². The molecule has 7 nitrogen and oxygen atoms in total. The summed E-state index contributed by atoms with van der Waals surface area (Å²) in [6.07, 6.45) is 0.972. The van der Waals surface area contributed by atoms with Crippen molar-refractivity contribution in [3.05, 3.63) is 72.2 Å². The van der Waals surface area contributed by atoms with Crippen LogP contribution in [0.15, 0.2) is 65.6 Å². The first-order chi connectivity index (χ1) is 14.4. The molecule has 2 heterocycles. The number of aryl methyl sites for hydroxylation is 1. The molecule has 0 bridgehead atoms. The molecular formula is C21H21FN4O3S. The Labute approximate surface area is 174 Å². The maximum atomic E-state index is 13.2. The van der Waals surface area contributed by atoms with E-state index < -0.39 is 27.8 Å². The lowest BCUT2D eigenvalue weighted by atomic mass is 10.2. The Balaban J connectivity index is 1.59. The minimum absolute atomic E-state index is 0.0335. The van der Waals surface area contributed by atoms with Crippen molar-refractivity contribution >= 4 is 21.7 Å². The van der Waals surface area contributed by atoms with Gasteiger partial charge in [0.2, 0.25) is 15.9 Å². The van der Waals surface area contributed by atoms with Gasteiger partial charge in [-0.05, 0) is 56.2 Å². The molecule has 1 amide bonds. The number of carbonyl (C=O) groups excluding carboxylic acids is 1. The van der Waals surface area contributed by atoms with Crippen molar-refractivity contribution in [1.82, 2.24) is 14.1 Å². The summed E-state index contributed by atoms with van der Waals surface area (Å²) in [6, 6.07) is 14.9. The van der Waals surface area contributed by atoms with E-state index in [0.29, 0.717) is 18.7 Å². The van der Waals surface area contributed by atoms with Crippen LogP contribution in [0.1, 0.15) is 18.5 Å². The molecule has 0 spiro atoms. The van der Waals surface area contributed by atoms with Gasteiger partial charge in [0.25, 0.3) is 0 Å². The molecule has 4 rings (SSSR count). The van der Waals surface area contributed by atoms with Crippen LogP contribution >= 0.6 is 0 Å². The van der Waals surface area contributed by atoms with Crippen LogP contribution < -0.4 is 5.32 Å². The third kappa shape index (κ3) is 3.86. The zero-order chi connectivity index (χ0) is 21.3. The highest BCUT2D eigenvalue weighted by Crippen LogP contribution is 2.27. The zero-order valence-electron chi connectivity index (χ0n) is 16.3. The first kappa shape index (κ1) is 20.2. The average Bonchev–Trinajstić information content (AvgIpc) is 3.36. The fourth-order valence-corrected chi connectivity index (χ4v) is 5.25. The monoisotopic (exact) mass is 428 g/mol. The standard InChI is InChI=1S/C21H21FN4O3S/c1-15-14-20(26(24-15)17-6-3-2-4-7-17)23-21(27)19-8-5-13-25(19)30(28,29)18-11-9-16(22)10-12-18/h2-4,6-7,9-12,14,19H,5,8,13H2,1H3,(H,23,27). The van der Waals surface area contributed by atoms with E-state index in [9.17, 15) is 17.6 Å². The molecule has 1 aliphatic heterocycles. The van der Waals surface area contributed by atoms with Gasteiger partial charge in [0.15, 0.2) is 0 Å². The second kappa shape index (κ2) is 8.00. The summed E-state index contributed by atoms with van der Waals surface area (Å²) in [5.41, 5.74) is 1.50. The number of aromatic nitrogens is 2. The van der Waals surface area contributed by atoms with Gasteiger partial charge in [0, 0.05) is 12.6 Å². The molecule has 0 aliphatic carbocycles. The summed E-state index contributed by atoms with van der Waals surface area (Å²) in [6.45, 7) is 2.05. The molecule has 1 aromatic heterocycles. The summed E-state index contributed by atoms with van der Waals surface area (Å²) in [4.78, 5) is 13.0. The maximum Gasteiger partial charge on any atom is 0.243 e. The number of rotatable bonds is 5. The fourth-order valence-electron chi connectivity index (χ4n) is 3.60. The Hall–Kier alpha value is -3.04. The summed E-state index contributed by atoms with van der Waals surface area (Å²) < 4.78 is 42.0. The molecule has 1 unspecified atom stereocenters. The van der Waals surface area contributed by atoms with Gasteiger partial charge in [-0.2, -0.15) is 9.40 Å². The number of benzene rings is 2. The van der Waals surface area contributed by atoms with Crippen LogP contribution in [0.4, 0.5) is 10.2 Å². The second-order valence-electron chi connectivity index (χ2n) is 7.14. The molecule has 1 aliphatic rings. The van der Waals surface area contributed by atoms with Crippen molar-refractivity contribution in [2.75, 3.05) is 11.9 Å². The second-order valence-corrected chi connectivity index (χ2v) is 9.03. The van der Waals surface area contributed by atoms with Crippen LogP contribution in [0.3, 0.4) is 0 Å². The van der Waals surface area contributed by atoms with E-state index in [-0.39, 0.29) is 11.4 Å². The minimum atomic E-state index is -3.92. The fraction of sp³-hybridized carbons (Fsp3) is 0.238. The Morgan fingerprint density at radius 2 is 1.83 bits per heavy atom. The number of carbonyl (C=O) groups is 1. The van der Waals surface area contributed by atoms with Gasteiger partial charge in [-0.15, -0.1) is 0 Å². The number of anilines is 1. The highest BCUT2D eigenvalue weighted by atomic mass is 32.2. The van der Waals surface area contributed by atoms with Crippen LogP contribution in [0, 0.1) is 12.7 Å². The topological polar surface area (TPSA) is 84.3 Å². The third-order valence-corrected chi connectivity index (χ3v) is 6.93. The molecule has 3 aromatic rings. The van der Waals surface area contributed by atoms with Crippen molar-refractivity contribution in [2.45, 2.75) is 30.7 Å². The van der Waals surface area contributed by atoms with E-state index in [4.69, 9.17) is 0 Å². The highest BCUT2D eigenvalue weighted by molar-refractivity contribution is 7.89. The van der Waals surface area contributed by atoms with Crippen molar-refractivity contribution in [3.8, 4) is 5.69 Å². The molecule has 2 aromatic carbocycles. The lowest BCUT2D eigenvalue weighted by molar-refractivity contribution is -0.119. The molecule has 1 N–H and O–H groups in total. The predicted octanol–water partition coefficient (Wildman–Crippen LogP) is 3.11. The van der Waals surface area contributed by atoms with Gasteiger partial charge in [0.1, 0.15) is 17.7 Å². The first-order valence-electron chi connectivity index (χ1n) is 9.56. The summed E-state index contributed by atoms with van der Waals surface area (Å²) in [7, 11) is -3.92. The van der Waals surface area contributed by atoms with Gasteiger partial charge < -0.3 is 5.32 Å². The van der Waals surface area contributed by atoms with E-state index in [1.54, 1.807) is 10.7 Å². The third-order valence-electron chi connectivity index (χ3n) is 5.01. The summed E-state index contributed by atoms with van der Waals surface area (Å²) >= 11 is 0. The van der Waals surface area contributed by atoms with Crippen LogP contribution in [0.2, 0.25) is 0 Å². The van der Waals surface area contributed by atoms with E-state index in [0.717, 1.165) is 23.5 Å². The Kier molecular flexibility index (Phi) is 5.40. The minimum Gasteiger partial charge on any atom is -0.309 e. The van der Waals surface area contributed by atoms with Gasteiger partial charge in [-0.25, -0.2) is 17.5 Å². The van der Waals surface area contributed by atoms with Crippen LogP contribution in [0.25, 0.3) is 5.69 Å². The van der Waals surface area contributed by atoms with Gasteiger partial charge in [0.05, 0.1) is 16.3 Å². The summed E-state index contributed by atoms with van der Waals surface area (Å²) in [5.74, 6) is -0.473. The maximum absolute atomic E-state index is 13.2. The van der Waals surface area contributed by atoms with E-state index in [2.05, 4.69) is 10.4 Å². The van der Waals surface area contributed by atoms with E-state index in [1.807, 2.05) is 37.3 Å². The quantitative estimate of drug-likeness (QED) is 0.677. The molecule has 0 saturated carbocycles. The van der Waals surface area contributed by atoms with Gasteiger partial charge in [-0.3, -0.25) is 4.79 Å². The van der Waals surface area contributed by atoms with Crippen molar-refractivity contribution in [3.63, 3.8) is 0 Å². The number of amides is 1. The molecule has 1 saturated heterocycles. The lowest BCUT2D eigenvalue weighted by Crippen LogP contribution is -2.43. The Morgan fingerprint density at radius 1 is 1.13 bits per heavy atom. The predicted molar refractivity (Wildman–Crippen MR) is 110 cm³/mol. The zero-order valence-corrected chi connectivity index (χ0v) is 17.1. The largest absolute Gasteiger partial charge is 0.309 e. The van der Waals surface area contributed by atoms with E-state index >= 15 is 0 Å². The molecule has 9 heteroatoms. The van der Waals surface area contributed by atoms with Crippen LogP contribution in [0.5, 0.6) is 0 Å². The molecule has 1 atom stereocenters. The average molecular weight is 428 g/mol. The SMILES string of the molecule is Cc1cc(NC(=O)C2CCCN2S(=O)(=O)c2ccc(F)cc2)n(-c2ccccc2)n1. The lowest BCUT2D eigenvalue weighted by Gasteiger charge is -2.23. The molecule has 156 valence electrons. The van der Waals surface area contributed by atoms with Crippen LogP contribution in [-0.4, -0.2) is 41.0 Å². The molecule has 0 radical (unpaired) electrons. The van der Waals surface area contributed by atoms with Crippen molar-refractivity contribution < 1.29 is 17.6 Å². The summed E-state index contributed by atoms with van der Waals surface area (Å²) in [5, 5.41) is 7.25. The smallest absolute Gasteiger partial charge is 0.243 e.